The molecule has 1 aromatic carbocycles. The summed E-state index contributed by atoms with van der Waals surface area (Å²) in [7, 11) is 0. The van der Waals surface area contributed by atoms with Gasteiger partial charge in [-0.15, -0.1) is 0 Å². The van der Waals surface area contributed by atoms with Crippen LogP contribution in [-0.4, -0.2) is 5.60 Å². The number of hydrogen-bond acceptors (Lipinski definition) is 1. The molecule has 0 atom stereocenters. The van der Waals surface area contributed by atoms with Crippen LogP contribution in [0.3, 0.4) is 0 Å². The van der Waals surface area contributed by atoms with Crippen LogP contribution < -0.4 is 4.74 Å². The van der Waals surface area contributed by atoms with Crippen molar-refractivity contribution in [2.75, 3.05) is 0 Å². The molecule has 0 bridgehead atoms. The average molecular weight is 192 g/mol. The SMILES string of the molecule is Cc1cc(C)c(C)c(OC(C)(C)C)c1. The lowest BCUT2D eigenvalue weighted by Gasteiger charge is -2.23. The standard InChI is InChI=1S/C13H20O/c1-9-7-10(2)11(3)12(8-9)14-13(4,5)6/h7-8H,1-6H3. The molecule has 0 radical (unpaired) electrons. The maximum Gasteiger partial charge on any atom is 0.123 e. The van der Waals surface area contributed by atoms with Gasteiger partial charge in [0.05, 0.1) is 0 Å². The predicted molar refractivity (Wildman–Crippen MR) is 61.0 cm³/mol. The zero-order valence-electron chi connectivity index (χ0n) is 10.1. The monoisotopic (exact) mass is 192 g/mol. The van der Waals surface area contributed by atoms with E-state index in [0.717, 1.165) is 5.75 Å². The molecule has 0 aromatic heterocycles. The van der Waals surface area contributed by atoms with Crippen molar-refractivity contribution in [2.24, 2.45) is 0 Å². The molecule has 1 heteroatoms. The van der Waals surface area contributed by atoms with E-state index in [0.29, 0.717) is 0 Å². The number of aryl methyl sites for hydroxylation is 2. The Labute approximate surface area is 87.1 Å². The molecule has 0 amide bonds. The third-order valence-corrected chi connectivity index (χ3v) is 2.18. The minimum atomic E-state index is -0.120. The second kappa shape index (κ2) is 3.64. The Morgan fingerprint density at radius 3 is 2.07 bits per heavy atom. The fraction of sp³-hybridized carbons (Fsp3) is 0.538. The van der Waals surface area contributed by atoms with Crippen molar-refractivity contribution in [3.8, 4) is 5.75 Å². The van der Waals surface area contributed by atoms with Crippen molar-refractivity contribution in [3.05, 3.63) is 28.8 Å². The third kappa shape index (κ3) is 2.76. The lowest BCUT2D eigenvalue weighted by Crippen LogP contribution is -2.23. The molecule has 0 saturated heterocycles. The van der Waals surface area contributed by atoms with Crippen molar-refractivity contribution >= 4 is 0 Å². The summed E-state index contributed by atoms with van der Waals surface area (Å²) < 4.78 is 5.89. The van der Waals surface area contributed by atoms with E-state index in [1.165, 1.54) is 16.7 Å². The molecule has 0 saturated carbocycles. The molecule has 0 fully saturated rings. The van der Waals surface area contributed by atoms with Gasteiger partial charge in [0.1, 0.15) is 11.4 Å². The zero-order chi connectivity index (χ0) is 10.9. The fourth-order valence-electron chi connectivity index (χ4n) is 1.44. The molecule has 0 aliphatic carbocycles. The Hall–Kier alpha value is -0.980. The van der Waals surface area contributed by atoms with E-state index in [4.69, 9.17) is 4.74 Å². The average Bonchev–Trinajstić information content (AvgIpc) is 1.96. The summed E-state index contributed by atoms with van der Waals surface area (Å²) in [5.41, 5.74) is 3.67. The molecule has 0 aliphatic heterocycles. The topological polar surface area (TPSA) is 9.23 Å². The first kappa shape index (κ1) is 11.1. The summed E-state index contributed by atoms with van der Waals surface area (Å²) in [5, 5.41) is 0. The Kier molecular flexibility index (Phi) is 2.89. The van der Waals surface area contributed by atoms with Gasteiger partial charge < -0.3 is 4.74 Å². The minimum Gasteiger partial charge on any atom is -0.488 e. The highest BCUT2D eigenvalue weighted by atomic mass is 16.5. The molecule has 14 heavy (non-hydrogen) atoms. The third-order valence-electron chi connectivity index (χ3n) is 2.18. The van der Waals surface area contributed by atoms with Crippen LogP contribution in [0.15, 0.2) is 12.1 Å². The first-order valence-electron chi connectivity index (χ1n) is 5.06. The van der Waals surface area contributed by atoms with Gasteiger partial charge in [0.2, 0.25) is 0 Å². The highest BCUT2D eigenvalue weighted by Gasteiger charge is 2.14. The summed E-state index contributed by atoms with van der Waals surface area (Å²) in [6.45, 7) is 12.5. The molecule has 1 nitrogen and oxygen atoms in total. The van der Waals surface area contributed by atoms with Crippen LogP contribution in [-0.2, 0) is 0 Å². The molecule has 0 N–H and O–H groups in total. The lowest BCUT2D eigenvalue weighted by molar-refractivity contribution is 0.129. The van der Waals surface area contributed by atoms with E-state index in [9.17, 15) is 0 Å². The number of hydrogen-bond donors (Lipinski definition) is 0. The summed E-state index contributed by atoms with van der Waals surface area (Å²) in [5.74, 6) is 1.01. The largest absolute Gasteiger partial charge is 0.488 e. The van der Waals surface area contributed by atoms with Crippen molar-refractivity contribution in [3.63, 3.8) is 0 Å². The highest BCUT2D eigenvalue weighted by Crippen LogP contribution is 2.26. The van der Waals surface area contributed by atoms with Crippen LogP contribution in [0.5, 0.6) is 5.75 Å². The first-order chi connectivity index (χ1) is 6.29. The highest BCUT2D eigenvalue weighted by molar-refractivity contribution is 5.42. The van der Waals surface area contributed by atoms with E-state index in [1.54, 1.807) is 0 Å². The predicted octanol–water partition coefficient (Wildman–Crippen LogP) is 3.79. The lowest BCUT2D eigenvalue weighted by atomic mass is 10.1. The first-order valence-corrected chi connectivity index (χ1v) is 5.06. The Morgan fingerprint density at radius 2 is 1.57 bits per heavy atom. The van der Waals surface area contributed by atoms with Gasteiger partial charge in [0.25, 0.3) is 0 Å². The van der Waals surface area contributed by atoms with Crippen LogP contribution in [0, 0.1) is 20.8 Å². The number of rotatable bonds is 1. The Bertz CT molecular complexity index is 332. The van der Waals surface area contributed by atoms with Crippen molar-refractivity contribution in [1.29, 1.82) is 0 Å². The molecule has 0 unspecified atom stereocenters. The van der Waals surface area contributed by atoms with Crippen molar-refractivity contribution < 1.29 is 4.74 Å². The summed E-state index contributed by atoms with van der Waals surface area (Å²) in [4.78, 5) is 0. The van der Waals surface area contributed by atoms with Gasteiger partial charge in [-0.3, -0.25) is 0 Å². The Morgan fingerprint density at radius 1 is 1.00 bits per heavy atom. The molecule has 1 rings (SSSR count). The van der Waals surface area contributed by atoms with E-state index in [-0.39, 0.29) is 5.60 Å². The van der Waals surface area contributed by atoms with E-state index in [2.05, 4.69) is 53.7 Å². The number of benzene rings is 1. The molecule has 0 heterocycles. The normalized spacial score (nSPS) is 11.6. The molecule has 0 aliphatic rings. The Balaban J connectivity index is 3.09. The molecular formula is C13H20O. The van der Waals surface area contributed by atoms with E-state index < -0.39 is 0 Å². The van der Waals surface area contributed by atoms with Crippen LogP contribution in [0.4, 0.5) is 0 Å². The van der Waals surface area contributed by atoms with Gasteiger partial charge in [-0.05, 0) is 64.3 Å². The van der Waals surface area contributed by atoms with Crippen LogP contribution in [0.1, 0.15) is 37.5 Å². The van der Waals surface area contributed by atoms with Gasteiger partial charge in [-0.25, -0.2) is 0 Å². The quantitative estimate of drug-likeness (QED) is 0.657. The van der Waals surface area contributed by atoms with Crippen molar-refractivity contribution in [1.82, 2.24) is 0 Å². The van der Waals surface area contributed by atoms with Gasteiger partial charge >= 0.3 is 0 Å². The van der Waals surface area contributed by atoms with Gasteiger partial charge in [0.15, 0.2) is 0 Å². The molecule has 1 aromatic rings. The van der Waals surface area contributed by atoms with Gasteiger partial charge in [0, 0.05) is 0 Å². The molecule has 78 valence electrons. The van der Waals surface area contributed by atoms with Crippen LogP contribution >= 0.6 is 0 Å². The maximum atomic E-state index is 5.89. The van der Waals surface area contributed by atoms with Crippen molar-refractivity contribution in [2.45, 2.75) is 47.1 Å². The van der Waals surface area contributed by atoms with Gasteiger partial charge in [-0.2, -0.15) is 0 Å². The molecule has 0 spiro atoms. The van der Waals surface area contributed by atoms with E-state index >= 15 is 0 Å². The summed E-state index contributed by atoms with van der Waals surface area (Å²) in [6, 6.07) is 4.29. The smallest absolute Gasteiger partial charge is 0.123 e. The fourth-order valence-corrected chi connectivity index (χ4v) is 1.44. The maximum absolute atomic E-state index is 5.89. The van der Waals surface area contributed by atoms with Crippen LogP contribution in [0.2, 0.25) is 0 Å². The summed E-state index contributed by atoms with van der Waals surface area (Å²) in [6.07, 6.45) is 0. The zero-order valence-corrected chi connectivity index (χ0v) is 10.1. The second-order valence-corrected chi connectivity index (χ2v) is 4.92. The van der Waals surface area contributed by atoms with Crippen LogP contribution in [0.25, 0.3) is 0 Å². The number of ether oxygens (including phenoxy) is 1. The molecular weight excluding hydrogens is 172 g/mol. The van der Waals surface area contributed by atoms with E-state index in [1.807, 2.05) is 0 Å². The second-order valence-electron chi connectivity index (χ2n) is 4.92. The summed E-state index contributed by atoms with van der Waals surface area (Å²) >= 11 is 0. The van der Waals surface area contributed by atoms with Gasteiger partial charge in [-0.1, -0.05) is 6.07 Å². The minimum absolute atomic E-state index is 0.120.